The molecule has 33 heavy (non-hydrogen) atoms. The summed E-state index contributed by atoms with van der Waals surface area (Å²) in [4.78, 5) is 12.9. The standard InChI is InChI=1S/C25H27FN2O4S/c1-25(2)16-18(32-24-20(25)7-4-8-21(24)26)6-3-10-23(29)22-9-5-15-28(22)17-11-13-19(14-12-17)33(27,30)31/h4-5,7-9,11-15,18H,3,6,10,16H2,1-2H3,(H2,27,30,31). The van der Waals surface area contributed by atoms with Gasteiger partial charge in [-0.05, 0) is 67.1 Å². The molecule has 0 amide bonds. The Morgan fingerprint density at radius 1 is 1.15 bits per heavy atom. The van der Waals surface area contributed by atoms with E-state index in [1.54, 1.807) is 41.1 Å². The van der Waals surface area contributed by atoms with E-state index in [1.165, 1.54) is 18.2 Å². The molecule has 0 spiro atoms. The van der Waals surface area contributed by atoms with Gasteiger partial charge in [0.15, 0.2) is 17.3 Å². The highest BCUT2D eigenvalue weighted by molar-refractivity contribution is 7.89. The van der Waals surface area contributed by atoms with Crippen molar-refractivity contribution in [1.82, 2.24) is 4.57 Å². The molecule has 174 valence electrons. The Morgan fingerprint density at radius 2 is 1.88 bits per heavy atom. The predicted molar refractivity (Wildman–Crippen MR) is 124 cm³/mol. The number of nitrogens with two attached hydrogens (primary N) is 1. The lowest BCUT2D eigenvalue weighted by Gasteiger charge is -2.37. The molecule has 0 aliphatic carbocycles. The Bertz CT molecular complexity index is 1280. The number of primary sulfonamides is 1. The van der Waals surface area contributed by atoms with Crippen molar-refractivity contribution in [2.45, 2.75) is 55.9 Å². The summed E-state index contributed by atoms with van der Waals surface area (Å²) >= 11 is 0. The van der Waals surface area contributed by atoms with Crippen LogP contribution in [-0.4, -0.2) is 24.9 Å². The molecule has 8 heteroatoms. The zero-order valence-electron chi connectivity index (χ0n) is 18.6. The van der Waals surface area contributed by atoms with Crippen molar-refractivity contribution >= 4 is 15.8 Å². The number of hydrogen-bond donors (Lipinski definition) is 1. The van der Waals surface area contributed by atoms with Crippen molar-refractivity contribution in [3.05, 3.63) is 77.9 Å². The van der Waals surface area contributed by atoms with Crippen LogP contribution in [0.5, 0.6) is 5.75 Å². The molecule has 0 bridgehead atoms. The lowest BCUT2D eigenvalue weighted by Crippen LogP contribution is -2.34. The number of fused-ring (bicyclic) bond motifs is 1. The zero-order chi connectivity index (χ0) is 23.8. The Balaban J connectivity index is 1.41. The van der Waals surface area contributed by atoms with Gasteiger partial charge in [0.1, 0.15) is 0 Å². The summed E-state index contributed by atoms with van der Waals surface area (Å²) in [6.07, 6.45) is 3.93. The summed E-state index contributed by atoms with van der Waals surface area (Å²) in [6, 6.07) is 14.6. The minimum absolute atomic E-state index is 0.0136. The number of aromatic nitrogens is 1. The van der Waals surface area contributed by atoms with Gasteiger partial charge in [-0.3, -0.25) is 4.79 Å². The van der Waals surface area contributed by atoms with Crippen molar-refractivity contribution in [3.8, 4) is 11.4 Å². The Hall–Kier alpha value is -2.97. The smallest absolute Gasteiger partial charge is 0.238 e. The maximum atomic E-state index is 14.3. The van der Waals surface area contributed by atoms with Crippen LogP contribution in [-0.2, 0) is 15.4 Å². The van der Waals surface area contributed by atoms with Crippen LogP contribution in [0.2, 0.25) is 0 Å². The largest absolute Gasteiger partial charge is 0.487 e. The van der Waals surface area contributed by atoms with Gasteiger partial charge in [0, 0.05) is 23.9 Å². The fraction of sp³-hybridized carbons (Fsp3) is 0.320. The Labute approximate surface area is 193 Å². The topological polar surface area (TPSA) is 91.4 Å². The molecule has 1 atom stereocenters. The van der Waals surface area contributed by atoms with E-state index in [0.717, 1.165) is 12.0 Å². The first-order chi connectivity index (χ1) is 15.6. The van der Waals surface area contributed by atoms with E-state index in [1.807, 2.05) is 6.07 Å². The molecule has 4 rings (SSSR count). The monoisotopic (exact) mass is 470 g/mol. The lowest BCUT2D eigenvalue weighted by atomic mass is 9.76. The summed E-state index contributed by atoms with van der Waals surface area (Å²) in [7, 11) is -3.78. The molecule has 1 aromatic heterocycles. The van der Waals surface area contributed by atoms with Gasteiger partial charge >= 0.3 is 0 Å². The van der Waals surface area contributed by atoms with Crippen LogP contribution in [0.4, 0.5) is 4.39 Å². The van der Waals surface area contributed by atoms with Gasteiger partial charge in [0.25, 0.3) is 0 Å². The van der Waals surface area contributed by atoms with E-state index in [9.17, 15) is 17.6 Å². The van der Waals surface area contributed by atoms with Crippen molar-refractivity contribution in [1.29, 1.82) is 0 Å². The maximum absolute atomic E-state index is 14.3. The van der Waals surface area contributed by atoms with Gasteiger partial charge in [-0.2, -0.15) is 0 Å². The van der Waals surface area contributed by atoms with Crippen LogP contribution in [0.1, 0.15) is 55.6 Å². The van der Waals surface area contributed by atoms with Crippen LogP contribution < -0.4 is 9.88 Å². The number of ketones is 1. The fourth-order valence-electron chi connectivity index (χ4n) is 4.46. The van der Waals surface area contributed by atoms with E-state index in [-0.39, 0.29) is 28.0 Å². The molecule has 0 saturated carbocycles. The van der Waals surface area contributed by atoms with Crippen LogP contribution >= 0.6 is 0 Å². The quantitative estimate of drug-likeness (QED) is 0.505. The van der Waals surface area contributed by atoms with Crippen LogP contribution in [0.15, 0.2) is 65.7 Å². The molecule has 2 aromatic carbocycles. The number of sulfonamides is 1. The van der Waals surface area contributed by atoms with E-state index in [2.05, 4.69) is 13.8 Å². The van der Waals surface area contributed by atoms with Gasteiger partial charge < -0.3 is 9.30 Å². The molecule has 1 aliphatic heterocycles. The predicted octanol–water partition coefficient (Wildman–Crippen LogP) is 4.75. The molecule has 1 unspecified atom stereocenters. The van der Waals surface area contributed by atoms with Crippen molar-refractivity contribution < 1.29 is 22.3 Å². The molecule has 3 aromatic rings. The third-order valence-electron chi connectivity index (χ3n) is 6.13. The number of halogens is 1. The lowest BCUT2D eigenvalue weighted by molar-refractivity contribution is 0.0946. The first-order valence-corrected chi connectivity index (χ1v) is 12.4. The van der Waals surface area contributed by atoms with Crippen molar-refractivity contribution in [3.63, 3.8) is 0 Å². The molecule has 0 radical (unpaired) electrons. The summed E-state index contributed by atoms with van der Waals surface area (Å²) in [5, 5.41) is 5.15. The van der Waals surface area contributed by atoms with Crippen LogP contribution in [0.3, 0.4) is 0 Å². The SMILES string of the molecule is CC1(C)CC(CCCC(=O)c2cccn2-c2ccc(S(N)(=O)=O)cc2)Oc2c(F)cccc21. The molecule has 0 fully saturated rings. The highest BCUT2D eigenvalue weighted by Crippen LogP contribution is 2.42. The van der Waals surface area contributed by atoms with Crippen LogP contribution in [0.25, 0.3) is 5.69 Å². The number of carbonyl (C=O) groups is 1. The maximum Gasteiger partial charge on any atom is 0.238 e. The molecule has 6 nitrogen and oxygen atoms in total. The number of nitrogens with zero attached hydrogens (tertiary/aromatic N) is 1. The third-order valence-corrected chi connectivity index (χ3v) is 7.06. The fourth-order valence-corrected chi connectivity index (χ4v) is 4.97. The normalized spacial score (nSPS) is 17.3. The molecule has 2 heterocycles. The van der Waals surface area contributed by atoms with Crippen LogP contribution in [0, 0.1) is 5.82 Å². The number of carbonyl (C=O) groups excluding carboxylic acids is 1. The van der Waals surface area contributed by atoms with Gasteiger partial charge in [-0.25, -0.2) is 17.9 Å². The second-order valence-corrected chi connectivity index (χ2v) is 10.6. The number of para-hydroxylation sites is 1. The van der Waals surface area contributed by atoms with E-state index in [0.29, 0.717) is 36.4 Å². The molecule has 1 aliphatic rings. The summed E-state index contributed by atoms with van der Waals surface area (Å²) < 4.78 is 44.9. The zero-order valence-corrected chi connectivity index (χ0v) is 19.4. The molecular formula is C25H27FN2O4S. The first kappa shape index (κ1) is 23.2. The number of rotatable bonds is 7. The summed E-state index contributed by atoms with van der Waals surface area (Å²) in [5.74, 6) is -0.0632. The minimum atomic E-state index is -3.78. The average molecular weight is 471 g/mol. The van der Waals surface area contributed by atoms with Crippen molar-refractivity contribution in [2.24, 2.45) is 5.14 Å². The number of hydrogen-bond acceptors (Lipinski definition) is 4. The highest BCUT2D eigenvalue weighted by Gasteiger charge is 2.35. The molecule has 2 N–H and O–H groups in total. The third kappa shape index (κ3) is 4.86. The second-order valence-electron chi connectivity index (χ2n) is 9.06. The summed E-state index contributed by atoms with van der Waals surface area (Å²) in [5.41, 5.74) is 1.85. The number of benzene rings is 2. The summed E-state index contributed by atoms with van der Waals surface area (Å²) in [6.45, 7) is 4.17. The number of ether oxygens (including phenoxy) is 1. The highest BCUT2D eigenvalue weighted by atomic mass is 32.2. The Morgan fingerprint density at radius 3 is 2.58 bits per heavy atom. The van der Waals surface area contributed by atoms with E-state index < -0.39 is 10.0 Å². The van der Waals surface area contributed by atoms with E-state index in [4.69, 9.17) is 9.88 Å². The van der Waals surface area contributed by atoms with Gasteiger partial charge in [-0.1, -0.05) is 26.0 Å². The Kier molecular flexibility index (Phi) is 6.16. The average Bonchev–Trinajstić information content (AvgIpc) is 3.24. The van der Waals surface area contributed by atoms with E-state index >= 15 is 0 Å². The molecule has 0 saturated heterocycles. The second kappa shape index (κ2) is 8.76. The van der Waals surface area contributed by atoms with Gasteiger partial charge in [0.05, 0.1) is 16.7 Å². The van der Waals surface area contributed by atoms with Gasteiger partial charge in [-0.15, -0.1) is 0 Å². The number of Topliss-reactive ketones (excluding diaryl/α,β-unsaturated/α-hetero) is 1. The van der Waals surface area contributed by atoms with Gasteiger partial charge in [0.2, 0.25) is 10.0 Å². The molecular weight excluding hydrogens is 443 g/mol. The van der Waals surface area contributed by atoms with Crippen molar-refractivity contribution in [2.75, 3.05) is 0 Å². The minimum Gasteiger partial charge on any atom is -0.487 e. The first-order valence-electron chi connectivity index (χ1n) is 10.9.